The largest absolute Gasteiger partial charge is 0.493 e. The number of likely N-dealkylation sites (tertiary alicyclic amines) is 1. The first-order valence-electron chi connectivity index (χ1n) is 6.44. The SMILES string of the molecule is CN1CCCC1CCOc1ccc(C(=O)O)c(Cl)c1. The van der Waals surface area contributed by atoms with Crippen molar-refractivity contribution in [1.82, 2.24) is 4.90 Å². The summed E-state index contributed by atoms with van der Waals surface area (Å²) in [7, 11) is 2.14. The van der Waals surface area contributed by atoms with Gasteiger partial charge < -0.3 is 14.7 Å². The Labute approximate surface area is 117 Å². The van der Waals surface area contributed by atoms with Crippen LogP contribution in [0.1, 0.15) is 29.6 Å². The Morgan fingerprint density at radius 2 is 2.37 bits per heavy atom. The molecule has 1 fully saturated rings. The Bertz CT molecular complexity index is 464. The first kappa shape index (κ1) is 14.2. The van der Waals surface area contributed by atoms with E-state index in [4.69, 9.17) is 21.4 Å². The smallest absolute Gasteiger partial charge is 0.337 e. The molecule has 0 amide bonds. The summed E-state index contributed by atoms with van der Waals surface area (Å²) in [6, 6.07) is 5.27. The first-order chi connectivity index (χ1) is 9.08. The minimum atomic E-state index is -1.02. The number of hydrogen-bond donors (Lipinski definition) is 1. The summed E-state index contributed by atoms with van der Waals surface area (Å²) in [6.45, 7) is 1.78. The van der Waals surface area contributed by atoms with Crippen LogP contribution >= 0.6 is 11.6 Å². The second-order valence-electron chi connectivity index (χ2n) is 4.86. The fourth-order valence-corrected chi connectivity index (χ4v) is 2.67. The number of halogens is 1. The predicted molar refractivity (Wildman–Crippen MR) is 74.2 cm³/mol. The third-order valence-corrected chi connectivity index (χ3v) is 3.87. The second kappa shape index (κ2) is 6.26. The molecule has 1 atom stereocenters. The van der Waals surface area contributed by atoms with Crippen molar-refractivity contribution >= 4 is 17.6 Å². The average molecular weight is 284 g/mol. The summed E-state index contributed by atoms with van der Waals surface area (Å²) >= 11 is 5.88. The van der Waals surface area contributed by atoms with Crippen molar-refractivity contribution in [3.8, 4) is 5.75 Å². The molecule has 1 aliphatic heterocycles. The number of carbonyl (C=O) groups is 1. The van der Waals surface area contributed by atoms with Crippen molar-refractivity contribution in [2.24, 2.45) is 0 Å². The van der Waals surface area contributed by atoms with E-state index in [2.05, 4.69) is 11.9 Å². The molecule has 2 rings (SSSR count). The van der Waals surface area contributed by atoms with Crippen LogP contribution in [-0.2, 0) is 0 Å². The van der Waals surface area contributed by atoms with Crippen molar-refractivity contribution in [1.29, 1.82) is 0 Å². The zero-order chi connectivity index (χ0) is 13.8. The van der Waals surface area contributed by atoms with Crippen LogP contribution in [-0.4, -0.2) is 42.2 Å². The van der Waals surface area contributed by atoms with E-state index in [1.54, 1.807) is 12.1 Å². The molecule has 1 saturated heterocycles. The van der Waals surface area contributed by atoms with Crippen molar-refractivity contribution in [3.63, 3.8) is 0 Å². The zero-order valence-electron chi connectivity index (χ0n) is 10.9. The molecule has 5 heteroatoms. The van der Waals surface area contributed by atoms with Crippen LogP contribution in [0.2, 0.25) is 5.02 Å². The van der Waals surface area contributed by atoms with Gasteiger partial charge in [-0.2, -0.15) is 0 Å². The zero-order valence-corrected chi connectivity index (χ0v) is 11.7. The van der Waals surface area contributed by atoms with Gasteiger partial charge in [0.25, 0.3) is 0 Å². The summed E-state index contributed by atoms with van der Waals surface area (Å²) in [5.41, 5.74) is 0.101. The highest BCUT2D eigenvalue weighted by Gasteiger charge is 2.20. The lowest BCUT2D eigenvalue weighted by molar-refractivity contribution is 0.0697. The lowest BCUT2D eigenvalue weighted by atomic mass is 10.1. The van der Waals surface area contributed by atoms with Gasteiger partial charge in [0.15, 0.2) is 0 Å². The number of nitrogens with zero attached hydrogens (tertiary/aromatic N) is 1. The van der Waals surface area contributed by atoms with Crippen molar-refractivity contribution in [3.05, 3.63) is 28.8 Å². The maximum atomic E-state index is 10.8. The van der Waals surface area contributed by atoms with Crippen LogP contribution in [0.15, 0.2) is 18.2 Å². The molecular weight excluding hydrogens is 266 g/mol. The van der Waals surface area contributed by atoms with Crippen LogP contribution in [0.25, 0.3) is 0 Å². The maximum absolute atomic E-state index is 10.8. The van der Waals surface area contributed by atoms with Crippen LogP contribution in [0, 0.1) is 0 Å². The second-order valence-corrected chi connectivity index (χ2v) is 5.27. The molecule has 0 bridgehead atoms. The third-order valence-electron chi connectivity index (χ3n) is 3.56. The van der Waals surface area contributed by atoms with Crippen LogP contribution in [0.3, 0.4) is 0 Å². The van der Waals surface area contributed by atoms with Gasteiger partial charge in [-0.3, -0.25) is 0 Å². The molecule has 0 radical (unpaired) electrons. The van der Waals surface area contributed by atoms with Gasteiger partial charge in [0.1, 0.15) is 5.75 Å². The predicted octanol–water partition coefficient (Wildman–Crippen LogP) is 2.90. The van der Waals surface area contributed by atoms with E-state index < -0.39 is 5.97 Å². The molecule has 1 heterocycles. The van der Waals surface area contributed by atoms with Gasteiger partial charge in [-0.05, 0) is 51.1 Å². The fraction of sp³-hybridized carbons (Fsp3) is 0.500. The molecule has 0 aromatic heterocycles. The number of aromatic carboxylic acids is 1. The van der Waals surface area contributed by atoms with E-state index in [1.165, 1.54) is 18.9 Å². The molecule has 1 aliphatic rings. The highest BCUT2D eigenvalue weighted by atomic mass is 35.5. The molecule has 0 saturated carbocycles. The number of carboxylic acids is 1. The minimum Gasteiger partial charge on any atom is -0.493 e. The van der Waals surface area contributed by atoms with Crippen LogP contribution in [0.5, 0.6) is 5.75 Å². The third kappa shape index (κ3) is 3.61. The van der Waals surface area contributed by atoms with Crippen molar-refractivity contribution < 1.29 is 14.6 Å². The Morgan fingerprint density at radius 1 is 1.58 bits per heavy atom. The summed E-state index contributed by atoms with van der Waals surface area (Å²) in [5.74, 6) is -0.403. The van der Waals surface area contributed by atoms with Gasteiger partial charge in [0.05, 0.1) is 17.2 Å². The van der Waals surface area contributed by atoms with E-state index in [-0.39, 0.29) is 10.6 Å². The Hall–Kier alpha value is -1.26. The molecule has 0 spiro atoms. The van der Waals surface area contributed by atoms with Crippen LogP contribution in [0.4, 0.5) is 0 Å². The van der Waals surface area contributed by atoms with Gasteiger partial charge in [-0.15, -0.1) is 0 Å². The lowest BCUT2D eigenvalue weighted by Crippen LogP contribution is -2.26. The molecule has 1 N–H and O–H groups in total. The maximum Gasteiger partial charge on any atom is 0.337 e. The van der Waals surface area contributed by atoms with E-state index in [1.807, 2.05) is 0 Å². The van der Waals surface area contributed by atoms with Gasteiger partial charge in [0, 0.05) is 6.04 Å². The number of rotatable bonds is 5. The lowest BCUT2D eigenvalue weighted by Gasteiger charge is -2.19. The molecular formula is C14H18ClNO3. The van der Waals surface area contributed by atoms with E-state index in [9.17, 15) is 4.79 Å². The topological polar surface area (TPSA) is 49.8 Å². The Morgan fingerprint density at radius 3 is 2.95 bits per heavy atom. The molecule has 1 aromatic rings. The number of hydrogen-bond acceptors (Lipinski definition) is 3. The Kier molecular flexibility index (Phi) is 4.66. The van der Waals surface area contributed by atoms with Gasteiger partial charge >= 0.3 is 5.97 Å². The van der Waals surface area contributed by atoms with Gasteiger partial charge in [-0.1, -0.05) is 11.6 Å². The van der Waals surface area contributed by atoms with E-state index in [0.717, 1.165) is 13.0 Å². The fourth-order valence-electron chi connectivity index (χ4n) is 2.42. The quantitative estimate of drug-likeness (QED) is 0.903. The van der Waals surface area contributed by atoms with E-state index >= 15 is 0 Å². The molecule has 1 unspecified atom stereocenters. The Balaban J connectivity index is 1.86. The number of benzene rings is 1. The molecule has 104 valence electrons. The van der Waals surface area contributed by atoms with Crippen molar-refractivity contribution in [2.75, 3.05) is 20.2 Å². The monoisotopic (exact) mass is 283 g/mol. The normalized spacial score (nSPS) is 19.6. The minimum absolute atomic E-state index is 0.101. The van der Waals surface area contributed by atoms with Crippen LogP contribution < -0.4 is 4.74 Å². The van der Waals surface area contributed by atoms with Gasteiger partial charge in [-0.25, -0.2) is 4.79 Å². The number of ether oxygens (including phenoxy) is 1. The highest BCUT2D eigenvalue weighted by Crippen LogP contribution is 2.23. The van der Waals surface area contributed by atoms with Crippen molar-refractivity contribution in [2.45, 2.75) is 25.3 Å². The van der Waals surface area contributed by atoms with E-state index in [0.29, 0.717) is 18.4 Å². The summed E-state index contributed by atoms with van der Waals surface area (Å²) in [4.78, 5) is 13.2. The summed E-state index contributed by atoms with van der Waals surface area (Å²) < 4.78 is 5.63. The molecule has 0 aliphatic carbocycles. The summed E-state index contributed by atoms with van der Waals surface area (Å²) in [6.07, 6.45) is 3.45. The highest BCUT2D eigenvalue weighted by molar-refractivity contribution is 6.33. The average Bonchev–Trinajstić information content (AvgIpc) is 2.75. The standard InChI is InChI=1S/C14H18ClNO3/c1-16-7-2-3-10(16)6-8-19-11-4-5-12(14(17)18)13(15)9-11/h4-5,9-10H,2-3,6-8H2,1H3,(H,17,18). The molecule has 1 aromatic carbocycles. The molecule has 19 heavy (non-hydrogen) atoms. The van der Waals surface area contributed by atoms with Gasteiger partial charge in [0.2, 0.25) is 0 Å². The first-order valence-corrected chi connectivity index (χ1v) is 6.81. The molecule has 4 nitrogen and oxygen atoms in total. The number of carboxylic acid groups (broad SMARTS) is 1. The summed E-state index contributed by atoms with van der Waals surface area (Å²) in [5, 5.41) is 9.09.